The second kappa shape index (κ2) is 6.88. The second-order valence-electron chi connectivity index (χ2n) is 5.97. The number of nitro groups is 1. The van der Waals surface area contributed by atoms with Crippen LogP contribution in [0.1, 0.15) is 22.3 Å². The molecule has 2 aromatic carbocycles. The first kappa shape index (κ1) is 19.8. The highest BCUT2D eigenvalue weighted by molar-refractivity contribution is 6.31. The predicted octanol–water partition coefficient (Wildman–Crippen LogP) is 3.86. The van der Waals surface area contributed by atoms with Crippen LogP contribution in [-0.2, 0) is 5.72 Å². The Kier molecular flexibility index (Phi) is 4.86. The molecule has 0 bridgehead atoms. The number of benzene rings is 2. The van der Waals surface area contributed by atoms with Crippen LogP contribution in [0.3, 0.4) is 0 Å². The van der Waals surface area contributed by atoms with Crippen molar-refractivity contribution in [2.45, 2.75) is 18.3 Å². The number of aliphatic hydroxyl groups is 1. The molecule has 3 rings (SSSR count). The lowest BCUT2D eigenvalue weighted by molar-refractivity contribution is -0.385. The first-order valence-corrected chi connectivity index (χ1v) is 8.12. The van der Waals surface area contributed by atoms with Gasteiger partial charge in [0.15, 0.2) is 5.72 Å². The van der Waals surface area contributed by atoms with Gasteiger partial charge in [-0.05, 0) is 18.2 Å². The summed E-state index contributed by atoms with van der Waals surface area (Å²) in [6.07, 6.45) is -5.98. The second-order valence-corrected chi connectivity index (χ2v) is 6.41. The van der Waals surface area contributed by atoms with Crippen LogP contribution in [0.25, 0.3) is 0 Å². The molecular weight excluding hydrogens is 403 g/mol. The molecule has 1 N–H and O–H groups in total. The van der Waals surface area contributed by atoms with Crippen molar-refractivity contribution >= 4 is 28.9 Å². The van der Waals surface area contributed by atoms with E-state index in [1.165, 1.54) is 36.4 Å². The van der Waals surface area contributed by atoms with Crippen LogP contribution in [-0.4, -0.2) is 32.8 Å². The van der Waals surface area contributed by atoms with E-state index in [0.717, 1.165) is 12.1 Å². The average Bonchev–Trinajstić information content (AvgIpc) is 3.00. The number of alkyl halides is 3. The number of carbonyl (C=O) groups is 1. The van der Waals surface area contributed by atoms with Crippen molar-refractivity contribution in [3.05, 3.63) is 74.8 Å². The summed E-state index contributed by atoms with van der Waals surface area (Å²) in [4.78, 5) is 23.0. The summed E-state index contributed by atoms with van der Waals surface area (Å²) in [6, 6.07) is 9.75. The maximum Gasteiger partial charge on any atom is 0.431 e. The molecule has 1 aliphatic heterocycles. The van der Waals surface area contributed by atoms with Gasteiger partial charge in [0.05, 0.1) is 11.3 Å². The zero-order valence-electron chi connectivity index (χ0n) is 13.9. The summed E-state index contributed by atoms with van der Waals surface area (Å²) in [5.74, 6) is -1.05. The minimum absolute atomic E-state index is 0.108. The molecule has 28 heavy (non-hydrogen) atoms. The molecular formula is C17H11ClF3N3O4. The number of hydrogen-bond acceptors (Lipinski definition) is 5. The molecule has 2 aromatic rings. The van der Waals surface area contributed by atoms with E-state index in [4.69, 9.17) is 11.6 Å². The number of amides is 1. The highest BCUT2D eigenvalue weighted by atomic mass is 35.5. The first-order chi connectivity index (χ1) is 13.0. The summed E-state index contributed by atoms with van der Waals surface area (Å²) in [5.41, 5.74) is -4.79. The van der Waals surface area contributed by atoms with Crippen LogP contribution in [0.4, 0.5) is 18.9 Å². The molecule has 0 fully saturated rings. The molecule has 7 nitrogen and oxygen atoms in total. The lowest BCUT2D eigenvalue weighted by Crippen LogP contribution is -2.43. The highest BCUT2D eigenvalue weighted by Crippen LogP contribution is 2.41. The Morgan fingerprint density at radius 1 is 1.25 bits per heavy atom. The Labute approximate surface area is 160 Å². The summed E-state index contributed by atoms with van der Waals surface area (Å²) in [5, 5.41) is 25.7. The standard InChI is InChI=1S/C17H11ClF3N3O4/c18-12-5-1-3-10(7-12)15(25)23-16(26,9-14(22-23)17(19,20)21)11-4-2-6-13(8-11)24(27)28/h1-8,26H,9H2/t16-/m0/s1. The van der Waals surface area contributed by atoms with E-state index in [0.29, 0.717) is 0 Å². The molecule has 1 aliphatic rings. The summed E-state index contributed by atoms with van der Waals surface area (Å²) in [7, 11) is 0. The molecule has 0 aromatic heterocycles. The van der Waals surface area contributed by atoms with E-state index >= 15 is 0 Å². The van der Waals surface area contributed by atoms with Crippen molar-refractivity contribution in [2.24, 2.45) is 5.10 Å². The van der Waals surface area contributed by atoms with Crippen molar-refractivity contribution < 1.29 is 28.0 Å². The van der Waals surface area contributed by atoms with Crippen LogP contribution in [0.15, 0.2) is 53.6 Å². The Hall–Kier alpha value is -2.98. The van der Waals surface area contributed by atoms with Crippen LogP contribution in [0.2, 0.25) is 5.02 Å². The van der Waals surface area contributed by atoms with Gasteiger partial charge in [0.1, 0.15) is 5.71 Å². The normalized spacial score (nSPS) is 19.5. The van der Waals surface area contributed by atoms with Gasteiger partial charge in [-0.15, -0.1) is 0 Å². The minimum Gasteiger partial charge on any atom is -0.365 e. The number of nitrogens with zero attached hydrogens (tertiary/aromatic N) is 3. The van der Waals surface area contributed by atoms with Crippen LogP contribution in [0.5, 0.6) is 0 Å². The lowest BCUT2D eigenvalue weighted by atomic mass is 9.96. The summed E-state index contributed by atoms with van der Waals surface area (Å²) < 4.78 is 39.7. The van der Waals surface area contributed by atoms with Crippen LogP contribution < -0.4 is 0 Å². The van der Waals surface area contributed by atoms with Gasteiger partial charge in [-0.25, -0.2) is 0 Å². The van der Waals surface area contributed by atoms with Gasteiger partial charge in [-0.2, -0.15) is 23.3 Å². The molecule has 0 aliphatic carbocycles. The summed E-state index contributed by atoms with van der Waals surface area (Å²) >= 11 is 5.82. The predicted molar refractivity (Wildman–Crippen MR) is 92.7 cm³/mol. The van der Waals surface area contributed by atoms with Gasteiger partial charge in [0.2, 0.25) is 0 Å². The minimum atomic E-state index is -4.90. The van der Waals surface area contributed by atoms with E-state index in [2.05, 4.69) is 5.10 Å². The van der Waals surface area contributed by atoms with Crippen molar-refractivity contribution in [3.63, 3.8) is 0 Å². The first-order valence-electron chi connectivity index (χ1n) is 7.74. The van der Waals surface area contributed by atoms with E-state index < -0.39 is 40.6 Å². The molecule has 0 saturated carbocycles. The highest BCUT2D eigenvalue weighted by Gasteiger charge is 2.53. The van der Waals surface area contributed by atoms with E-state index in [1.807, 2.05) is 0 Å². The SMILES string of the molecule is O=C(c1cccc(Cl)c1)N1N=C(C(F)(F)F)C[C@]1(O)c1cccc([N+](=O)[O-])c1. The zero-order valence-corrected chi connectivity index (χ0v) is 14.6. The largest absolute Gasteiger partial charge is 0.431 e. The van der Waals surface area contributed by atoms with Gasteiger partial charge in [0.25, 0.3) is 11.6 Å². The van der Waals surface area contributed by atoms with E-state index in [-0.39, 0.29) is 21.2 Å². The van der Waals surface area contributed by atoms with Crippen molar-refractivity contribution in [1.29, 1.82) is 0 Å². The number of hydrazone groups is 1. The number of halogens is 4. The van der Waals surface area contributed by atoms with Crippen molar-refractivity contribution in [2.75, 3.05) is 0 Å². The van der Waals surface area contributed by atoms with Gasteiger partial charge < -0.3 is 5.11 Å². The molecule has 1 heterocycles. The Bertz CT molecular complexity index is 996. The maximum atomic E-state index is 13.2. The number of hydrogen-bond donors (Lipinski definition) is 1. The Morgan fingerprint density at radius 3 is 2.54 bits per heavy atom. The monoisotopic (exact) mass is 413 g/mol. The van der Waals surface area contributed by atoms with Crippen molar-refractivity contribution in [3.8, 4) is 0 Å². The zero-order chi connectivity index (χ0) is 20.7. The van der Waals surface area contributed by atoms with Crippen LogP contribution >= 0.6 is 11.6 Å². The fourth-order valence-corrected chi connectivity index (χ4v) is 2.94. The molecule has 11 heteroatoms. The average molecular weight is 414 g/mol. The van der Waals surface area contributed by atoms with Crippen molar-refractivity contribution in [1.82, 2.24) is 5.01 Å². The van der Waals surface area contributed by atoms with Crippen LogP contribution in [0, 0.1) is 10.1 Å². The lowest BCUT2D eigenvalue weighted by Gasteiger charge is -2.31. The third-order valence-corrected chi connectivity index (χ3v) is 4.33. The maximum absolute atomic E-state index is 13.2. The Morgan fingerprint density at radius 2 is 1.93 bits per heavy atom. The van der Waals surface area contributed by atoms with Gasteiger partial charge in [0, 0.05) is 28.3 Å². The summed E-state index contributed by atoms with van der Waals surface area (Å²) in [6.45, 7) is 0. The molecule has 0 spiro atoms. The van der Waals surface area contributed by atoms with Gasteiger partial charge >= 0.3 is 6.18 Å². The molecule has 0 radical (unpaired) electrons. The van der Waals surface area contributed by atoms with E-state index in [9.17, 15) is 33.2 Å². The number of nitro benzene ring substituents is 1. The molecule has 0 unspecified atom stereocenters. The van der Waals surface area contributed by atoms with Gasteiger partial charge in [-0.3, -0.25) is 14.9 Å². The fraction of sp³-hybridized carbons (Fsp3) is 0.176. The number of rotatable bonds is 3. The molecule has 1 atom stereocenters. The van der Waals surface area contributed by atoms with Gasteiger partial charge in [-0.1, -0.05) is 29.8 Å². The molecule has 0 saturated heterocycles. The molecule has 1 amide bonds. The Balaban J connectivity index is 2.12. The number of carbonyl (C=O) groups excluding carboxylic acids is 1. The van der Waals surface area contributed by atoms with E-state index in [1.54, 1.807) is 0 Å². The number of non-ortho nitro benzene ring substituents is 1. The third-order valence-electron chi connectivity index (χ3n) is 4.10. The molecule has 146 valence electrons. The third kappa shape index (κ3) is 3.56. The quantitative estimate of drug-likeness (QED) is 0.610. The topological polar surface area (TPSA) is 96.0 Å². The fourth-order valence-electron chi connectivity index (χ4n) is 2.75. The smallest absolute Gasteiger partial charge is 0.365 e.